The molecule has 0 aliphatic rings. The van der Waals surface area contributed by atoms with E-state index in [2.05, 4.69) is 16.8 Å². The highest BCUT2D eigenvalue weighted by Gasteiger charge is 2.14. The Labute approximate surface area is 88.6 Å². The maximum Gasteiger partial charge on any atom is 0.385 e. The van der Waals surface area contributed by atoms with Gasteiger partial charge in [-0.25, -0.2) is 9.78 Å². The van der Waals surface area contributed by atoms with E-state index in [9.17, 15) is 4.79 Å². The largest absolute Gasteiger partial charge is 0.450 e. The molecule has 0 spiro atoms. The minimum Gasteiger partial charge on any atom is -0.450 e. The quantitative estimate of drug-likeness (QED) is 0.479. The highest BCUT2D eigenvalue weighted by molar-refractivity contribution is 5.89. The molecule has 0 aromatic carbocycles. The van der Waals surface area contributed by atoms with Crippen LogP contribution in [0.15, 0.2) is 10.7 Å². The molecule has 0 amide bonds. The highest BCUT2D eigenvalue weighted by Crippen LogP contribution is 2.06. The molecule has 0 aliphatic carbocycles. The molecule has 0 bridgehead atoms. The van der Waals surface area contributed by atoms with Crippen LogP contribution in [-0.2, 0) is 9.53 Å². The summed E-state index contributed by atoms with van der Waals surface area (Å²) in [6.45, 7) is 7.06. The molecule has 1 rings (SSSR count). The van der Waals surface area contributed by atoms with Crippen LogP contribution in [0.2, 0.25) is 0 Å². The van der Waals surface area contributed by atoms with Crippen molar-refractivity contribution in [3.63, 3.8) is 0 Å². The van der Waals surface area contributed by atoms with Crippen LogP contribution in [0.3, 0.4) is 0 Å². The van der Waals surface area contributed by atoms with Gasteiger partial charge in [-0.05, 0) is 26.7 Å². The predicted molar refractivity (Wildman–Crippen MR) is 54.0 cm³/mol. The first kappa shape index (κ1) is 11.3. The molecule has 4 heteroatoms. The standard InChI is InChI=1S/C11H13NO3/c1-8-12-9(7-14-8)5-6-10(13)15-11(2,3)4/h7H,1-4H3. The second-order valence-electron chi connectivity index (χ2n) is 4.00. The van der Waals surface area contributed by atoms with Crippen molar-refractivity contribution in [2.75, 3.05) is 0 Å². The Bertz CT molecular complexity index is 415. The molecule has 4 nitrogen and oxygen atoms in total. The van der Waals surface area contributed by atoms with Crippen molar-refractivity contribution in [1.29, 1.82) is 0 Å². The Kier molecular flexibility index (Phi) is 3.15. The van der Waals surface area contributed by atoms with E-state index in [-0.39, 0.29) is 0 Å². The summed E-state index contributed by atoms with van der Waals surface area (Å²) in [5.41, 5.74) is -0.0933. The van der Waals surface area contributed by atoms with Crippen molar-refractivity contribution >= 4 is 5.97 Å². The number of esters is 1. The number of rotatable bonds is 0. The first-order valence-corrected chi connectivity index (χ1v) is 4.54. The Morgan fingerprint density at radius 1 is 1.53 bits per heavy atom. The molecule has 15 heavy (non-hydrogen) atoms. The number of oxazole rings is 1. The lowest BCUT2D eigenvalue weighted by molar-refractivity contribution is -0.147. The minimum absolute atomic E-state index is 0.429. The number of carbonyl (C=O) groups is 1. The van der Waals surface area contributed by atoms with E-state index in [1.807, 2.05) is 0 Å². The van der Waals surface area contributed by atoms with E-state index < -0.39 is 11.6 Å². The summed E-state index contributed by atoms with van der Waals surface area (Å²) in [7, 11) is 0. The molecule has 1 aromatic heterocycles. The van der Waals surface area contributed by atoms with Crippen molar-refractivity contribution in [1.82, 2.24) is 4.98 Å². The number of aryl methyl sites for hydroxylation is 1. The Morgan fingerprint density at radius 3 is 2.67 bits per heavy atom. The monoisotopic (exact) mass is 207 g/mol. The first-order chi connectivity index (χ1) is 6.87. The Hall–Kier alpha value is -1.76. The maximum absolute atomic E-state index is 11.2. The van der Waals surface area contributed by atoms with Crippen LogP contribution < -0.4 is 0 Å². The van der Waals surface area contributed by atoms with Gasteiger partial charge in [0.2, 0.25) is 0 Å². The topological polar surface area (TPSA) is 52.3 Å². The summed E-state index contributed by atoms with van der Waals surface area (Å²) in [6.07, 6.45) is 1.40. The number of nitrogens with zero attached hydrogens (tertiary/aromatic N) is 1. The van der Waals surface area contributed by atoms with E-state index in [4.69, 9.17) is 9.15 Å². The van der Waals surface area contributed by atoms with E-state index in [1.54, 1.807) is 27.7 Å². The van der Waals surface area contributed by atoms with Gasteiger partial charge >= 0.3 is 5.97 Å². The van der Waals surface area contributed by atoms with Gasteiger partial charge in [0.15, 0.2) is 11.6 Å². The molecule has 80 valence electrons. The van der Waals surface area contributed by atoms with Crippen LogP contribution in [0.25, 0.3) is 0 Å². The van der Waals surface area contributed by atoms with Crippen LogP contribution in [-0.4, -0.2) is 16.6 Å². The van der Waals surface area contributed by atoms with Gasteiger partial charge in [-0.3, -0.25) is 0 Å². The van der Waals surface area contributed by atoms with Crippen molar-refractivity contribution in [2.24, 2.45) is 0 Å². The summed E-state index contributed by atoms with van der Waals surface area (Å²) in [5, 5.41) is 0. The molecule has 0 fully saturated rings. The fourth-order valence-electron chi connectivity index (χ4n) is 0.840. The first-order valence-electron chi connectivity index (χ1n) is 4.54. The summed E-state index contributed by atoms with van der Waals surface area (Å²) < 4.78 is 9.93. The molecule has 1 aromatic rings. The third-order valence-corrected chi connectivity index (χ3v) is 1.31. The fraction of sp³-hybridized carbons (Fsp3) is 0.455. The third kappa shape index (κ3) is 4.32. The average molecular weight is 207 g/mol. The van der Waals surface area contributed by atoms with E-state index in [1.165, 1.54) is 6.26 Å². The van der Waals surface area contributed by atoms with Crippen molar-refractivity contribution in [2.45, 2.75) is 33.3 Å². The molecule has 0 saturated carbocycles. The fourth-order valence-corrected chi connectivity index (χ4v) is 0.840. The van der Waals surface area contributed by atoms with Crippen LogP contribution in [0, 0.1) is 18.8 Å². The zero-order valence-electron chi connectivity index (χ0n) is 9.25. The molecule has 0 atom stereocenters. The maximum atomic E-state index is 11.2. The average Bonchev–Trinajstić information content (AvgIpc) is 2.45. The Balaban J connectivity index is 2.63. The van der Waals surface area contributed by atoms with Gasteiger partial charge in [-0.1, -0.05) is 0 Å². The van der Waals surface area contributed by atoms with Gasteiger partial charge in [0.05, 0.1) is 0 Å². The smallest absolute Gasteiger partial charge is 0.385 e. The van der Waals surface area contributed by atoms with Crippen molar-refractivity contribution < 1.29 is 13.9 Å². The van der Waals surface area contributed by atoms with Crippen LogP contribution in [0.1, 0.15) is 32.4 Å². The predicted octanol–water partition coefficient (Wildman–Crippen LogP) is 1.68. The molecule has 0 unspecified atom stereocenters. The molecular weight excluding hydrogens is 194 g/mol. The van der Waals surface area contributed by atoms with E-state index >= 15 is 0 Å². The molecule has 1 heterocycles. The molecule has 0 aliphatic heterocycles. The lowest BCUT2D eigenvalue weighted by Crippen LogP contribution is -2.22. The summed E-state index contributed by atoms with van der Waals surface area (Å²) in [6, 6.07) is 0. The minimum atomic E-state index is -0.567. The second kappa shape index (κ2) is 4.18. The molecule has 0 radical (unpaired) electrons. The lowest BCUT2D eigenvalue weighted by atomic mass is 10.2. The zero-order chi connectivity index (χ0) is 11.5. The molecule has 0 saturated heterocycles. The zero-order valence-corrected chi connectivity index (χ0v) is 9.25. The normalized spacial score (nSPS) is 10.4. The summed E-state index contributed by atoms with van der Waals surface area (Å²) >= 11 is 0. The molecular formula is C11H13NO3. The third-order valence-electron chi connectivity index (χ3n) is 1.31. The van der Waals surface area contributed by atoms with Crippen molar-refractivity contribution in [3.8, 4) is 11.8 Å². The number of hydrogen-bond donors (Lipinski definition) is 0. The SMILES string of the molecule is Cc1nc(C#CC(=O)OC(C)(C)C)co1. The van der Waals surface area contributed by atoms with Crippen LogP contribution in [0.5, 0.6) is 0 Å². The van der Waals surface area contributed by atoms with Gasteiger partial charge in [-0.15, -0.1) is 0 Å². The summed E-state index contributed by atoms with van der Waals surface area (Å²) in [5.74, 6) is 4.84. The number of ether oxygens (including phenoxy) is 1. The van der Waals surface area contributed by atoms with Crippen molar-refractivity contribution in [3.05, 3.63) is 17.8 Å². The summed E-state index contributed by atoms with van der Waals surface area (Å²) in [4.78, 5) is 15.1. The number of aromatic nitrogens is 1. The number of hydrogen-bond acceptors (Lipinski definition) is 4. The van der Waals surface area contributed by atoms with Gasteiger partial charge in [-0.2, -0.15) is 0 Å². The number of carbonyl (C=O) groups excluding carboxylic acids is 1. The Morgan fingerprint density at radius 2 is 2.20 bits per heavy atom. The van der Waals surface area contributed by atoms with Gasteiger partial charge in [0.25, 0.3) is 0 Å². The van der Waals surface area contributed by atoms with E-state index in [0.717, 1.165) is 0 Å². The van der Waals surface area contributed by atoms with Gasteiger partial charge in [0, 0.05) is 12.8 Å². The van der Waals surface area contributed by atoms with Gasteiger partial charge in [0.1, 0.15) is 11.9 Å². The second-order valence-corrected chi connectivity index (χ2v) is 4.00. The van der Waals surface area contributed by atoms with E-state index in [0.29, 0.717) is 11.6 Å². The highest BCUT2D eigenvalue weighted by atomic mass is 16.6. The van der Waals surface area contributed by atoms with Gasteiger partial charge < -0.3 is 9.15 Å². The molecule has 0 N–H and O–H groups in total. The van der Waals surface area contributed by atoms with Crippen LogP contribution in [0.4, 0.5) is 0 Å². The van der Waals surface area contributed by atoms with Crippen LogP contribution >= 0.6 is 0 Å². The lowest BCUT2D eigenvalue weighted by Gasteiger charge is -2.16.